The maximum atomic E-state index is 11.8. The summed E-state index contributed by atoms with van der Waals surface area (Å²) in [7, 11) is 1.64. The zero-order valence-corrected chi connectivity index (χ0v) is 11.5. The summed E-state index contributed by atoms with van der Waals surface area (Å²) in [4.78, 5) is 19.2. The van der Waals surface area contributed by atoms with Crippen LogP contribution < -0.4 is 10.3 Å². The molecule has 19 heavy (non-hydrogen) atoms. The number of rotatable bonds is 4. The Morgan fingerprint density at radius 3 is 2.74 bits per heavy atom. The molecule has 0 aliphatic heterocycles. The van der Waals surface area contributed by atoms with E-state index in [-0.39, 0.29) is 5.56 Å². The largest absolute Gasteiger partial charge is 0.496 e. The van der Waals surface area contributed by atoms with Crippen molar-refractivity contribution in [3.63, 3.8) is 0 Å². The fraction of sp³-hybridized carbons (Fsp3) is 0.333. The van der Waals surface area contributed by atoms with Gasteiger partial charge < -0.3 is 9.72 Å². The van der Waals surface area contributed by atoms with E-state index in [4.69, 9.17) is 4.74 Å². The van der Waals surface area contributed by atoms with E-state index >= 15 is 0 Å². The molecule has 0 aliphatic rings. The number of hydrogen-bond acceptors (Lipinski definition) is 3. The third-order valence-corrected chi connectivity index (χ3v) is 3.19. The molecule has 4 heteroatoms. The number of para-hydroxylation sites is 1. The van der Waals surface area contributed by atoms with Crippen LogP contribution in [0.1, 0.15) is 29.6 Å². The lowest BCUT2D eigenvalue weighted by molar-refractivity contribution is 0.410. The number of methoxy groups -OCH3 is 1. The molecule has 0 unspecified atom stereocenters. The van der Waals surface area contributed by atoms with Crippen LogP contribution in [0, 0.1) is 6.92 Å². The highest BCUT2D eigenvalue weighted by Crippen LogP contribution is 2.19. The predicted molar refractivity (Wildman–Crippen MR) is 74.8 cm³/mol. The summed E-state index contributed by atoms with van der Waals surface area (Å²) in [6, 6.07) is 7.75. The van der Waals surface area contributed by atoms with E-state index < -0.39 is 0 Å². The first-order chi connectivity index (χ1) is 9.15. The Kier molecular flexibility index (Phi) is 4.00. The van der Waals surface area contributed by atoms with Crippen LogP contribution in [0.15, 0.2) is 29.1 Å². The Morgan fingerprint density at radius 1 is 1.32 bits per heavy atom. The number of ether oxygens (including phenoxy) is 1. The maximum absolute atomic E-state index is 11.8. The Morgan fingerprint density at radius 2 is 2.05 bits per heavy atom. The summed E-state index contributed by atoms with van der Waals surface area (Å²) >= 11 is 0. The fourth-order valence-electron chi connectivity index (χ4n) is 2.09. The molecule has 0 atom stereocenters. The van der Waals surface area contributed by atoms with Crippen LogP contribution in [-0.4, -0.2) is 17.1 Å². The van der Waals surface area contributed by atoms with E-state index in [0.717, 1.165) is 23.4 Å². The van der Waals surface area contributed by atoms with Gasteiger partial charge in [-0.25, -0.2) is 4.98 Å². The first-order valence-electron chi connectivity index (χ1n) is 6.36. The van der Waals surface area contributed by atoms with Crippen molar-refractivity contribution in [3.8, 4) is 5.75 Å². The Labute approximate surface area is 112 Å². The molecule has 0 fully saturated rings. The first kappa shape index (κ1) is 13.3. The minimum atomic E-state index is -0.0586. The molecule has 0 aliphatic carbocycles. The van der Waals surface area contributed by atoms with Crippen LogP contribution in [0.25, 0.3) is 0 Å². The van der Waals surface area contributed by atoms with Crippen molar-refractivity contribution in [2.45, 2.75) is 26.7 Å². The zero-order valence-electron chi connectivity index (χ0n) is 11.5. The number of H-pyrrole nitrogens is 1. The molecular formula is C15H18N2O2. The lowest BCUT2D eigenvalue weighted by Crippen LogP contribution is -2.17. The van der Waals surface area contributed by atoms with Crippen molar-refractivity contribution in [1.29, 1.82) is 0 Å². The second-order valence-corrected chi connectivity index (χ2v) is 4.43. The van der Waals surface area contributed by atoms with Gasteiger partial charge in [-0.1, -0.05) is 25.1 Å². The molecule has 0 radical (unpaired) electrons. The molecule has 0 bridgehead atoms. The highest BCUT2D eigenvalue weighted by molar-refractivity contribution is 5.35. The molecule has 0 saturated carbocycles. The van der Waals surface area contributed by atoms with E-state index in [1.807, 2.05) is 31.2 Å². The number of nitrogens with one attached hydrogen (secondary N) is 1. The third-order valence-electron chi connectivity index (χ3n) is 3.19. The molecule has 0 spiro atoms. The number of hydrogen-bond donors (Lipinski definition) is 1. The topological polar surface area (TPSA) is 55.0 Å². The third kappa shape index (κ3) is 2.84. The van der Waals surface area contributed by atoms with Crippen LogP contribution in [0.4, 0.5) is 0 Å². The van der Waals surface area contributed by atoms with Crippen molar-refractivity contribution in [1.82, 2.24) is 9.97 Å². The van der Waals surface area contributed by atoms with Crippen LogP contribution in [-0.2, 0) is 12.8 Å². The Bertz CT molecular complexity index is 632. The lowest BCUT2D eigenvalue weighted by Gasteiger charge is -2.09. The van der Waals surface area contributed by atoms with E-state index in [2.05, 4.69) is 9.97 Å². The van der Waals surface area contributed by atoms with Crippen LogP contribution in [0.2, 0.25) is 0 Å². The van der Waals surface area contributed by atoms with Gasteiger partial charge in [0.15, 0.2) is 0 Å². The molecule has 1 heterocycles. The average molecular weight is 258 g/mol. The Balaban J connectivity index is 2.38. The smallest absolute Gasteiger partial charge is 0.254 e. The average Bonchev–Trinajstić information content (AvgIpc) is 2.43. The first-order valence-corrected chi connectivity index (χ1v) is 6.36. The molecule has 100 valence electrons. The molecule has 4 nitrogen and oxygen atoms in total. The van der Waals surface area contributed by atoms with Crippen molar-refractivity contribution >= 4 is 0 Å². The summed E-state index contributed by atoms with van der Waals surface area (Å²) in [5, 5.41) is 0. The van der Waals surface area contributed by atoms with E-state index in [9.17, 15) is 4.79 Å². The summed E-state index contributed by atoms with van der Waals surface area (Å²) in [5.41, 5.74) is 2.51. The van der Waals surface area contributed by atoms with E-state index in [1.165, 1.54) is 0 Å². The second-order valence-electron chi connectivity index (χ2n) is 4.43. The van der Waals surface area contributed by atoms with Crippen LogP contribution >= 0.6 is 0 Å². The van der Waals surface area contributed by atoms with Gasteiger partial charge in [-0.2, -0.15) is 0 Å². The lowest BCUT2D eigenvalue weighted by atomic mass is 10.1. The highest BCUT2D eigenvalue weighted by Gasteiger charge is 2.09. The van der Waals surface area contributed by atoms with Gasteiger partial charge >= 0.3 is 0 Å². The molecule has 2 aromatic rings. The maximum Gasteiger partial charge on any atom is 0.254 e. The molecule has 0 saturated heterocycles. The van der Waals surface area contributed by atoms with Crippen molar-refractivity contribution in [2.24, 2.45) is 0 Å². The summed E-state index contributed by atoms with van der Waals surface area (Å²) in [5.74, 6) is 1.49. The summed E-state index contributed by atoms with van der Waals surface area (Å²) in [6.45, 7) is 3.80. The zero-order chi connectivity index (χ0) is 13.8. The molecular weight excluding hydrogens is 240 g/mol. The summed E-state index contributed by atoms with van der Waals surface area (Å²) in [6.07, 6.45) is 1.32. The number of aryl methyl sites for hydroxylation is 1. The molecule has 1 aromatic carbocycles. The predicted octanol–water partition coefficient (Wildman–Crippen LogP) is 2.24. The van der Waals surface area contributed by atoms with Gasteiger partial charge in [0.05, 0.1) is 12.8 Å². The van der Waals surface area contributed by atoms with E-state index in [0.29, 0.717) is 17.8 Å². The van der Waals surface area contributed by atoms with Crippen LogP contribution in [0.3, 0.4) is 0 Å². The highest BCUT2D eigenvalue weighted by atomic mass is 16.5. The number of aromatic nitrogens is 2. The minimum Gasteiger partial charge on any atom is -0.496 e. The van der Waals surface area contributed by atoms with Gasteiger partial charge in [0.1, 0.15) is 11.6 Å². The van der Waals surface area contributed by atoms with Crippen molar-refractivity contribution in [3.05, 3.63) is 57.3 Å². The molecule has 1 N–H and O–H groups in total. The van der Waals surface area contributed by atoms with Gasteiger partial charge in [-0.3, -0.25) is 4.79 Å². The Hall–Kier alpha value is -2.10. The standard InChI is InChI=1S/C15H18N2O2/c1-4-12-10(2)15(18)17-14(16-12)9-11-7-5-6-8-13(11)19-3/h5-8H,4,9H2,1-3H3,(H,16,17,18). The van der Waals surface area contributed by atoms with Crippen molar-refractivity contribution in [2.75, 3.05) is 7.11 Å². The van der Waals surface area contributed by atoms with Gasteiger partial charge in [0.2, 0.25) is 0 Å². The van der Waals surface area contributed by atoms with Gasteiger partial charge in [0, 0.05) is 17.5 Å². The molecule has 0 amide bonds. The molecule has 2 rings (SSSR count). The number of benzene rings is 1. The quantitative estimate of drug-likeness (QED) is 0.915. The van der Waals surface area contributed by atoms with Gasteiger partial charge in [0.25, 0.3) is 5.56 Å². The van der Waals surface area contributed by atoms with Gasteiger partial charge in [-0.05, 0) is 19.4 Å². The van der Waals surface area contributed by atoms with Crippen LogP contribution in [0.5, 0.6) is 5.75 Å². The number of aromatic amines is 1. The SMILES string of the molecule is CCc1nc(Cc2ccccc2OC)[nH]c(=O)c1C. The van der Waals surface area contributed by atoms with Gasteiger partial charge in [-0.15, -0.1) is 0 Å². The number of nitrogens with zero attached hydrogens (tertiary/aromatic N) is 1. The molecule has 1 aromatic heterocycles. The summed E-state index contributed by atoms with van der Waals surface area (Å²) < 4.78 is 5.31. The van der Waals surface area contributed by atoms with E-state index in [1.54, 1.807) is 14.0 Å². The fourth-order valence-corrected chi connectivity index (χ4v) is 2.09. The minimum absolute atomic E-state index is 0.0586. The second kappa shape index (κ2) is 5.69. The monoisotopic (exact) mass is 258 g/mol. The van der Waals surface area contributed by atoms with Crippen molar-refractivity contribution < 1.29 is 4.74 Å². The normalized spacial score (nSPS) is 10.5.